The molecule has 2 heterocycles. The molecule has 0 aromatic heterocycles. The van der Waals surface area contributed by atoms with Gasteiger partial charge in [0.05, 0.1) is 39.6 Å². The molecule has 0 aliphatic carbocycles. The van der Waals surface area contributed by atoms with E-state index < -0.39 is 11.1 Å². The molecule has 4 rings (SSSR count). The van der Waals surface area contributed by atoms with Crippen LogP contribution >= 0.6 is 23.5 Å². The zero-order valence-electron chi connectivity index (χ0n) is 23.4. The Bertz CT molecular complexity index is 1010. The van der Waals surface area contributed by atoms with Crippen molar-refractivity contribution < 1.29 is 23.8 Å². The molecule has 2 saturated heterocycles. The van der Waals surface area contributed by atoms with Crippen LogP contribution in [0.25, 0.3) is 0 Å². The van der Waals surface area contributed by atoms with Crippen LogP contribution in [0.3, 0.4) is 0 Å². The summed E-state index contributed by atoms with van der Waals surface area (Å²) in [5.41, 5.74) is -0.461. The molecular weight excluding hydrogens is 532 g/mol. The lowest BCUT2D eigenvalue weighted by atomic mass is 9.88. The lowest BCUT2D eigenvalue weighted by molar-refractivity contribution is -0.0681. The van der Waals surface area contributed by atoms with Crippen LogP contribution in [-0.2, 0) is 14.2 Å². The molecule has 212 valence electrons. The van der Waals surface area contributed by atoms with Gasteiger partial charge in [-0.3, -0.25) is 19.4 Å². The van der Waals surface area contributed by atoms with E-state index in [0.29, 0.717) is 63.7 Å². The highest BCUT2D eigenvalue weighted by molar-refractivity contribution is 7.98. The maximum Gasteiger partial charge on any atom is 0.185 e. The Morgan fingerprint density at radius 2 is 1.03 bits per heavy atom. The van der Waals surface area contributed by atoms with E-state index in [-0.39, 0.29) is 24.8 Å². The van der Waals surface area contributed by atoms with Gasteiger partial charge in [-0.2, -0.15) is 0 Å². The second-order valence-electron chi connectivity index (χ2n) is 10.4. The van der Waals surface area contributed by atoms with Gasteiger partial charge >= 0.3 is 0 Å². The number of ether oxygens (including phenoxy) is 3. The molecule has 2 aliphatic heterocycles. The number of thioether (sulfide) groups is 2. The van der Waals surface area contributed by atoms with Crippen molar-refractivity contribution in [2.75, 3.05) is 78.3 Å². The minimum Gasteiger partial charge on any atom is -0.379 e. The monoisotopic (exact) mass is 572 g/mol. The van der Waals surface area contributed by atoms with Crippen LogP contribution in [0.15, 0.2) is 58.3 Å². The Balaban J connectivity index is 1.57. The van der Waals surface area contributed by atoms with Crippen molar-refractivity contribution in [2.24, 2.45) is 0 Å². The van der Waals surface area contributed by atoms with Crippen LogP contribution in [0.4, 0.5) is 0 Å². The summed E-state index contributed by atoms with van der Waals surface area (Å²) >= 11 is 3.30. The molecule has 0 spiro atoms. The molecule has 7 nitrogen and oxygen atoms in total. The molecule has 2 atom stereocenters. The van der Waals surface area contributed by atoms with Crippen molar-refractivity contribution in [1.82, 2.24) is 9.80 Å². The minimum absolute atomic E-state index is 0.0177. The zero-order chi connectivity index (χ0) is 27.9. The van der Waals surface area contributed by atoms with Gasteiger partial charge in [0, 0.05) is 47.1 Å². The van der Waals surface area contributed by atoms with Crippen LogP contribution in [-0.4, -0.2) is 111 Å². The first-order valence-corrected chi connectivity index (χ1v) is 15.9. The first-order valence-electron chi connectivity index (χ1n) is 13.4. The van der Waals surface area contributed by atoms with Gasteiger partial charge in [-0.05, 0) is 50.6 Å². The first-order chi connectivity index (χ1) is 18.8. The summed E-state index contributed by atoms with van der Waals surface area (Å²) < 4.78 is 17.6. The molecule has 9 heteroatoms. The van der Waals surface area contributed by atoms with Crippen LogP contribution < -0.4 is 0 Å². The summed E-state index contributed by atoms with van der Waals surface area (Å²) in [6, 6.07) is 15.5. The van der Waals surface area contributed by atoms with Gasteiger partial charge < -0.3 is 14.2 Å². The number of hydrogen-bond acceptors (Lipinski definition) is 9. The number of carbonyl (C=O) groups is 2. The zero-order valence-corrected chi connectivity index (χ0v) is 25.1. The Morgan fingerprint density at radius 3 is 1.33 bits per heavy atom. The van der Waals surface area contributed by atoms with Crippen molar-refractivity contribution >= 4 is 35.1 Å². The molecule has 0 bridgehead atoms. The average molecular weight is 573 g/mol. The van der Waals surface area contributed by atoms with E-state index >= 15 is 0 Å². The highest BCUT2D eigenvalue weighted by atomic mass is 32.2. The highest BCUT2D eigenvalue weighted by Crippen LogP contribution is 2.28. The quantitative estimate of drug-likeness (QED) is 0.272. The number of rotatable bonds is 12. The number of morpholine rings is 2. The molecule has 0 N–H and O–H groups in total. The van der Waals surface area contributed by atoms with E-state index in [1.165, 1.54) is 0 Å². The highest BCUT2D eigenvalue weighted by Gasteiger charge is 2.44. The third-order valence-corrected chi connectivity index (χ3v) is 9.35. The fourth-order valence-electron chi connectivity index (χ4n) is 5.27. The Hall–Kier alpha value is -1.72. The lowest BCUT2D eigenvalue weighted by Gasteiger charge is -2.44. The summed E-state index contributed by atoms with van der Waals surface area (Å²) in [4.78, 5) is 34.5. The standard InChI is InChI=1S/C30H40N2O5S2/c1-29(31-13-17-35-18-14-31,27(33)23-5-9-25(38-3)10-6-23)21-37-22-30(2,32-15-19-36-20-16-32)28(34)24-7-11-26(39-4)12-8-24/h5-12H,13-22H2,1-4H3. The number of ketones is 2. The van der Waals surface area contributed by atoms with E-state index in [1.807, 2.05) is 74.9 Å². The van der Waals surface area contributed by atoms with Gasteiger partial charge in [-0.15, -0.1) is 23.5 Å². The molecule has 39 heavy (non-hydrogen) atoms. The van der Waals surface area contributed by atoms with E-state index in [4.69, 9.17) is 14.2 Å². The first kappa shape index (κ1) is 30.2. The van der Waals surface area contributed by atoms with Crippen LogP contribution in [0, 0.1) is 0 Å². The number of carbonyl (C=O) groups excluding carboxylic acids is 2. The minimum atomic E-state index is -0.889. The van der Waals surface area contributed by atoms with E-state index in [2.05, 4.69) is 9.80 Å². The van der Waals surface area contributed by atoms with Gasteiger partial charge in [0.2, 0.25) is 0 Å². The predicted molar refractivity (Wildman–Crippen MR) is 158 cm³/mol. The molecule has 0 saturated carbocycles. The summed E-state index contributed by atoms with van der Waals surface area (Å²) in [7, 11) is 0. The molecule has 0 radical (unpaired) electrons. The number of Topliss-reactive ketones (excluding diaryl/α,β-unsaturated/α-hetero) is 2. The maximum absolute atomic E-state index is 14.0. The van der Waals surface area contributed by atoms with Crippen molar-refractivity contribution in [3.63, 3.8) is 0 Å². The number of benzene rings is 2. The molecule has 2 aliphatic rings. The maximum atomic E-state index is 14.0. The van der Waals surface area contributed by atoms with Crippen molar-refractivity contribution in [3.05, 3.63) is 59.7 Å². The van der Waals surface area contributed by atoms with Crippen molar-refractivity contribution in [1.29, 1.82) is 0 Å². The summed E-state index contributed by atoms with van der Waals surface area (Å²) in [5, 5.41) is 0. The fraction of sp³-hybridized carbons (Fsp3) is 0.533. The second kappa shape index (κ2) is 13.8. The predicted octanol–water partition coefficient (Wildman–Crippen LogP) is 4.39. The smallest absolute Gasteiger partial charge is 0.185 e. The van der Waals surface area contributed by atoms with E-state index in [0.717, 1.165) is 9.79 Å². The normalized spacial score (nSPS) is 20.2. The van der Waals surface area contributed by atoms with Gasteiger partial charge in [0.1, 0.15) is 11.1 Å². The summed E-state index contributed by atoms with van der Waals surface area (Å²) in [5.74, 6) is 0.0354. The van der Waals surface area contributed by atoms with Crippen molar-refractivity contribution in [3.8, 4) is 0 Å². The Kier molecular flexibility index (Phi) is 10.7. The topological polar surface area (TPSA) is 68.3 Å². The second-order valence-corrected chi connectivity index (χ2v) is 12.1. The fourth-order valence-corrected chi connectivity index (χ4v) is 6.09. The van der Waals surface area contributed by atoms with Gasteiger partial charge in [0.25, 0.3) is 0 Å². The SMILES string of the molecule is CSc1ccc(C(=O)C(C)(COCC(C)(C(=O)c2ccc(SC)cc2)N2CCOCC2)N2CCOCC2)cc1. The summed E-state index contributed by atoms with van der Waals surface area (Å²) in [6.07, 6.45) is 4.04. The third kappa shape index (κ3) is 6.96. The Labute approximate surface area is 240 Å². The molecule has 2 unspecified atom stereocenters. The number of nitrogens with zero attached hydrogens (tertiary/aromatic N) is 2. The molecule has 0 amide bonds. The summed E-state index contributed by atoms with van der Waals surface area (Å²) in [6.45, 7) is 9.15. The number of hydrogen-bond donors (Lipinski definition) is 0. The van der Waals surface area contributed by atoms with Crippen LogP contribution in [0.2, 0.25) is 0 Å². The van der Waals surface area contributed by atoms with Gasteiger partial charge in [-0.25, -0.2) is 0 Å². The molecule has 2 aromatic rings. The van der Waals surface area contributed by atoms with Crippen LogP contribution in [0.5, 0.6) is 0 Å². The largest absolute Gasteiger partial charge is 0.379 e. The van der Waals surface area contributed by atoms with Crippen molar-refractivity contribution in [2.45, 2.75) is 34.7 Å². The van der Waals surface area contributed by atoms with Gasteiger partial charge in [0.15, 0.2) is 11.6 Å². The van der Waals surface area contributed by atoms with E-state index in [1.54, 1.807) is 23.5 Å². The Morgan fingerprint density at radius 1 is 0.692 bits per heavy atom. The average Bonchev–Trinajstić information content (AvgIpc) is 3.01. The third-order valence-electron chi connectivity index (χ3n) is 7.87. The van der Waals surface area contributed by atoms with E-state index in [9.17, 15) is 9.59 Å². The molecule has 2 aromatic carbocycles. The van der Waals surface area contributed by atoms with Gasteiger partial charge in [-0.1, -0.05) is 24.3 Å². The van der Waals surface area contributed by atoms with Crippen LogP contribution in [0.1, 0.15) is 34.6 Å². The molecule has 2 fully saturated rings. The lowest BCUT2D eigenvalue weighted by Crippen LogP contribution is -2.61. The molecular formula is C30H40N2O5S2.